The van der Waals surface area contributed by atoms with Crippen LogP contribution in [0.5, 0.6) is 0 Å². The molecular formula is C34H28ClFN6O2. The zero-order chi connectivity index (χ0) is 29.7. The molecule has 0 saturated heterocycles. The summed E-state index contributed by atoms with van der Waals surface area (Å²) in [6, 6.07) is 14.8. The molecule has 10 heteroatoms. The molecule has 3 aliphatic carbocycles. The lowest BCUT2D eigenvalue weighted by Crippen LogP contribution is -2.29. The fourth-order valence-corrected chi connectivity index (χ4v) is 7.95. The second-order valence-corrected chi connectivity index (χ2v) is 13.4. The molecule has 5 aliphatic rings. The van der Waals surface area contributed by atoms with Gasteiger partial charge in [-0.2, -0.15) is 9.07 Å². The van der Waals surface area contributed by atoms with Crippen molar-refractivity contribution in [2.24, 2.45) is 22.7 Å². The molecule has 4 aromatic rings. The first-order valence-electron chi connectivity index (χ1n) is 15.3. The number of Topliss-reactive ketones (excluding diaryl/α,β-unsaturated/α-hetero) is 1. The van der Waals surface area contributed by atoms with Crippen molar-refractivity contribution in [3.05, 3.63) is 98.6 Å². The Balaban J connectivity index is 1.01. The van der Waals surface area contributed by atoms with Gasteiger partial charge in [0.25, 0.3) is 5.56 Å². The molecule has 0 bridgehead atoms. The van der Waals surface area contributed by atoms with Crippen molar-refractivity contribution in [2.45, 2.75) is 56.9 Å². The minimum Gasteiger partial charge on any atom is -0.303 e. The first kappa shape index (κ1) is 26.2. The first-order chi connectivity index (χ1) is 21.4. The van der Waals surface area contributed by atoms with Crippen LogP contribution >= 0.6 is 11.6 Å². The second kappa shape index (κ2) is 9.63. The Kier molecular flexibility index (Phi) is 5.73. The normalized spacial score (nSPS) is 25.1. The number of aromatic nitrogens is 5. The zero-order valence-electron chi connectivity index (χ0n) is 23.8. The van der Waals surface area contributed by atoms with Gasteiger partial charge in [0.15, 0.2) is 0 Å². The van der Waals surface area contributed by atoms with Crippen molar-refractivity contribution in [1.82, 2.24) is 24.8 Å². The third-order valence-corrected chi connectivity index (χ3v) is 10.4. The number of carbonyl (C=O) groups excluding carboxylic acids is 1. The summed E-state index contributed by atoms with van der Waals surface area (Å²) in [5, 5.41) is 12.1. The number of allylic oxidation sites excluding steroid dienone is 1. The standard InChI is InChI=1S/C34H28ClFN6O2/c35-23-5-6-29(41-16-37-39-40-41)24(13-23)21-10-30-26-14-27(26)33(42(30)32(44)12-21)28-15-25(34(36)38-28)19-4-3-18-11-31(43)22(7-17-1-2-17)9-20(18)8-19/h3-6,8,10,12-13,16-17,22,26-27,33H,1-2,7,9,11,14-15H2. The topological polar surface area (TPSA) is 95.0 Å². The van der Waals surface area contributed by atoms with Crippen molar-refractivity contribution >= 4 is 28.7 Å². The molecule has 44 heavy (non-hydrogen) atoms. The zero-order valence-corrected chi connectivity index (χ0v) is 24.5. The summed E-state index contributed by atoms with van der Waals surface area (Å²) in [6.07, 6.45) is 7.45. The lowest BCUT2D eigenvalue weighted by atomic mass is 9.79. The van der Waals surface area contributed by atoms with Crippen LogP contribution < -0.4 is 5.56 Å². The maximum atomic E-state index is 15.6. The predicted octanol–water partition coefficient (Wildman–Crippen LogP) is 6.07. The average molecular weight is 607 g/mol. The van der Waals surface area contributed by atoms with E-state index in [1.54, 1.807) is 16.8 Å². The van der Waals surface area contributed by atoms with Crippen LogP contribution in [0.3, 0.4) is 0 Å². The third kappa shape index (κ3) is 4.24. The number of benzene rings is 2. The van der Waals surface area contributed by atoms with E-state index >= 15 is 4.39 Å². The molecule has 0 amide bonds. The molecule has 0 spiro atoms. The van der Waals surface area contributed by atoms with E-state index in [2.05, 4.69) is 32.7 Å². The van der Waals surface area contributed by atoms with Gasteiger partial charge >= 0.3 is 0 Å². The Morgan fingerprint density at radius 2 is 1.86 bits per heavy atom. The largest absolute Gasteiger partial charge is 0.303 e. The highest BCUT2D eigenvalue weighted by atomic mass is 35.5. The quantitative estimate of drug-likeness (QED) is 0.248. The summed E-state index contributed by atoms with van der Waals surface area (Å²) in [4.78, 5) is 30.9. The van der Waals surface area contributed by atoms with Gasteiger partial charge in [-0.25, -0.2) is 4.99 Å². The van der Waals surface area contributed by atoms with Gasteiger partial charge in [0.05, 0.1) is 11.7 Å². The number of halogens is 2. The van der Waals surface area contributed by atoms with Crippen molar-refractivity contribution in [2.75, 3.05) is 0 Å². The Bertz CT molecular complexity index is 2010. The van der Waals surface area contributed by atoms with E-state index in [0.717, 1.165) is 58.5 Å². The van der Waals surface area contributed by atoms with E-state index in [-0.39, 0.29) is 29.4 Å². The summed E-state index contributed by atoms with van der Waals surface area (Å²) in [5.74, 6) is 1.08. The number of rotatable bonds is 6. The molecule has 0 N–H and O–H groups in total. The highest BCUT2D eigenvalue weighted by molar-refractivity contribution is 6.31. The third-order valence-electron chi connectivity index (χ3n) is 10.2. The number of nitrogens with zero attached hydrogens (tertiary/aromatic N) is 6. The molecule has 2 aromatic heterocycles. The van der Waals surface area contributed by atoms with E-state index in [4.69, 9.17) is 11.6 Å². The Morgan fingerprint density at radius 1 is 0.977 bits per heavy atom. The van der Waals surface area contributed by atoms with Crippen LogP contribution in [0.4, 0.5) is 4.39 Å². The molecule has 4 unspecified atom stereocenters. The summed E-state index contributed by atoms with van der Waals surface area (Å²) >= 11 is 6.37. The molecule has 4 heterocycles. The maximum absolute atomic E-state index is 15.6. The van der Waals surface area contributed by atoms with Gasteiger partial charge in [-0.05, 0) is 88.0 Å². The lowest BCUT2D eigenvalue weighted by molar-refractivity contribution is -0.123. The van der Waals surface area contributed by atoms with Gasteiger partial charge in [0.2, 0.25) is 5.95 Å². The van der Waals surface area contributed by atoms with E-state index in [1.807, 2.05) is 28.8 Å². The number of pyridine rings is 1. The van der Waals surface area contributed by atoms with Crippen LogP contribution in [0, 0.1) is 17.8 Å². The fraction of sp³-hybridized carbons (Fsp3) is 0.353. The van der Waals surface area contributed by atoms with Crippen LogP contribution in [0.25, 0.3) is 22.4 Å². The van der Waals surface area contributed by atoms with Crippen LogP contribution in [0.15, 0.2) is 70.6 Å². The fourth-order valence-electron chi connectivity index (χ4n) is 7.78. The Hall–Kier alpha value is -4.24. The molecule has 0 radical (unpaired) electrons. The van der Waals surface area contributed by atoms with E-state index in [0.29, 0.717) is 40.9 Å². The Labute approximate surface area is 257 Å². The molecule has 2 aliphatic heterocycles. The van der Waals surface area contributed by atoms with E-state index in [9.17, 15) is 9.59 Å². The number of fused-ring (bicyclic) bond motifs is 4. The number of ketones is 1. The van der Waals surface area contributed by atoms with Crippen LogP contribution in [-0.2, 0) is 17.6 Å². The molecule has 2 saturated carbocycles. The van der Waals surface area contributed by atoms with Gasteiger partial charge in [0.1, 0.15) is 12.1 Å². The van der Waals surface area contributed by atoms with Gasteiger partial charge in [0, 0.05) is 58.3 Å². The average Bonchev–Trinajstić information content (AvgIpc) is 3.85. The smallest absolute Gasteiger partial charge is 0.251 e. The summed E-state index contributed by atoms with van der Waals surface area (Å²) in [6.45, 7) is 0. The number of tetrazole rings is 1. The summed E-state index contributed by atoms with van der Waals surface area (Å²) in [5.41, 5.74) is 7.32. The highest BCUT2D eigenvalue weighted by Gasteiger charge is 2.55. The van der Waals surface area contributed by atoms with Crippen molar-refractivity contribution in [3.8, 4) is 16.8 Å². The monoisotopic (exact) mass is 606 g/mol. The van der Waals surface area contributed by atoms with Crippen molar-refractivity contribution in [1.29, 1.82) is 0 Å². The minimum absolute atomic E-state index is 0.0777. The van der Waals surface area contributed by atoms with Crippen LogP contribution in [-0.4, -0.2) is 36.3 Å². The summed E-state index contributed by atoms with van der Waals surface area (Å²) in [7, 11) is 0. The minimum atomic E-state index is -0.471. The van der Waals surface area contributed by atoms with Gasteiger partial charge in [-0.3, -0.25) is 9.59 Å². The molecule has 2 aromatic carbocycles. The van der Waals surface area contributed by atoms with Crippen LogP contribution in [0.2, 0.25) is 5.02 Å². The van der Waals surface area contributed by atoms with Gasteiger partial charge < -0.3 is 4.57 Å². The number of carbonyl (C=O) groups is 1. The number of hydrogen-bond donors (Lipinski definition) is 0. The number of hydrogen-bond acceptors (Lipinski definition) is 6. The summed E-state index contributed by atoms with van der Waals surface area (Å²) < 4.78 is 18.9. The molecule has 9 rings (SSSR count). The molecular weight excluding hydrogens is 579 g/mol. The lowest BCUT2D eigenvalue weighted by Gasteiger charge is -2.24. The van der Waals surface area contributed by atoms with Crippen molar-refractivity contribution in [3.63, 3.8) is 0 Å². The first-order valence-corrected chi connectivity index (χ1v) is 15.7. The van der Waals surface area contributed by atoms with Crippen molar-refractivity contribution < 1.29 is 9.18 Å². The van der Waals surface area contributed by atoms with Gasteiger partial charge in [-0.1, -0.05) is 42.6 Å². The molecule has 2 fully saturated rings. The SMILES string of the molecule is O=C1Cc2ccc(C3=C(F)N=C(C4C5CC5c5cc(-c6cc(Cl)ccc6-n6cnnn6)cc(=O)n54)C3)cc2CC1CC1CC1. The number of aliphatic imine (C=N–C) groups is 1. The van der Waals surface area contributed by atoms with E-state index in [1.165, 1.54) is 19.2 Å². The Morgan fingerprint density at radius 3 is 2.68 bits per heavy atom. The highest BCUT2D eigenvalue weighted by Crippen LogP contribution is 2.60. The molecule has 220 valence electrons. The second-order valence-electron chi connectivity index (χ2n) is 13.0. The maximum Gasteiger partial charge on any atom is 0.251 e. The molecule has 8 nitrogen and oxygen atoms in total. The predicted molar refractivity (Wildman–Crippen MR) is 164 cm³/mol. The van der Waals surface area contributed by atoms with Gasteiger partial charge in [-0.15, -0.1) is 5.10 Å². The molecule has 4 atom stereocenters. The van der Waals surface area contributed by atoms with E-state index < -0.39 is 5.95 Å². The van der Waals surface area contributed by atoms with Crippen LogP contribution in [0.1, 0.15) is 66.4 Å².